The molecule has 1 fully saturated rings. The van der Waals surface area contributed by atoms with Crippen LogP contribution in [0.25, 0.3) is 0 Å². The van der Waals surface area contributed by atoms with Crippen molar-refractivity contribution in [3.8, 4) is 0 Å². The Morgan fingerprint density at radius 2 is 2.06 bits per heavy atom. The summed E-state index contributed by atoms with van der Waals surface area (Å²) in [7, 11) is 0. The Hall–Kier alpha value is -0.860. The Balaban J connectivity index is 2.02. The molecule has 0 aliphatic carbocycles. The van der Waals surface area contributed by atoms with Crippen molar-refractivity contribution < 1.29 is 0 Å². The van der Waals surface area contributed by atoms with Gasteiger partial charge in [-0.3, -0.25) is 4.90 Å². The second-order valence-electron chi connectivity index (χ2n) is 5.61. The summed E-state index contributed by atoms with van der Waals surface area (Å²) < 4.78 is 0. The summed E-state index contributed by atoms with van der Waals surface area (Å²) in [5.41, 5.74) is 8.94. The SMILES string of the molecule is Cc1ccccc1C(N)CN1CC(C)CC1C. The third-order valence-corrected chi connectivity index (χ3v) is 3.93. The van der Waals surface area contributed by atoms with Crippen LogP contribution in [0.2, 0.25) is 0 Å². The maximum absolute atomic E-state index is 6.34. The van der Waals surface area contributed by atoms with E-state index in [9.17, 15) is 0 Å². The Kier molecular flexibility index (Phi) is 3.85. The monoisotopic (exact) mass is 232 g/mol. The molecule has 0 aromatic heterocycles. The van der Waals surface area contributed by atoms with Crippen LogP contribution < -0.4 is 5.73 Å². The zero-order chi connectivity index (χ0) is 12.4. The van der Waals surface area contributed by atoms with Crippen molar-refractivity contribution in [1.29, 1.82) is 0 Å². The second-order valence-corrected chi connectivity index (χ2v) is 5.61. The minimum atomic E-state index is 0.143. The molecule has 2 N–H and O–H groups in total. The van der Waals surface area contributed by atoms with Crippen molar-refractivity contribution in [2.45, 2.75) is 39.3 Å². The Bertz CT molecular complexity index is 375. The molecule has 94 valence electrons. The van der Waals surface area contributed by atoms with Gasteiger partial charge in [-0.1, -0.05) is 31.2 Å². The van der Waals surface area contributed by atoms with Gasteiger partial charge in [0.2, 0.25) is 0 Å². The van der Waals surface area contributed by atoms with E-state index in [1.807, 2.05) is 0 Å². The van der Waals surface area contributed by atoms with Crippen molar-refractivity contribution in [2.24, 2.45) is 11.7 Å². The fourth-order valence-electron chi connectivity index (χ4n) is 2.99. The van der Waals surface area contributed by atoms with Crippen LogP contribution in [0.15, 0.2) is 24.3 Å². The van der Waals surface area contributed by atoms with Gasteiger partial charge in [-0.2, -0.15) is 0 Å². The number of likely N-dealkylation sites (tertiary alicyclic amines) is 1. The lowest BCUT2D eigenvalue weighted by molar-refractivity contribution is 0.249. The van der Waals surface area contributed by atoms with Gasteiger partial charge < -0.3 is 5.73 Å². The number of rotatable bonds is 3. The minimum Gasteiger partial charge on any atom is -0.323 e. The van der Waals surface area contributed by atoms with Gasteiger partial charge in [-0.25, -0.2) is 0 Å². The van der Waals surface area contributed by atoms with Crippen LogP contribution in [0.3, 0.4) is 0 Å². The van der Waals surface area contributed by atoms with Crippen LogP contribution in [-0.2, 0) is 0 Å². The van der Waals surface area contributed by atoms with Gasteiger partial charge >= 0.3 is 0 Å². The first-order valence-corrected chi connectivity index (χ1v) is 6.63. The van der Waals surface area contributed by atoms with E-state index in [-0.39, 0.29) is 6.04 Å². The van der Waals surface area contributed by atoms with Crippen molar-refractivity contribution in [3.63, 3.8) is 0 Å². The molecule has 1 heterocycles. The molecular formula is C15H24N2. The van der Waals surface area contributed by atoms with Crippen molar-refractivity contribution >= 4 is 0 Å². The topological polar surface area (TPSA) is 29.3 Å². The largest absolute Gasteiger partial charge is 0.323 e. The van der Waals surface area contributed by atoms with Gasteiger partial charge in [0.15, 0.2) is 0 Å². The fraction of sp³-hybridized carbons (Fsp3) is 0.600. The lowest BCUT2D eigenvalue weighted by Gasteiger charge is -2.25. The molecule has 2 rings (SSSR count). The fourth-order valence-corrected chi connectivity index (χ4v) is 2.99. The van der Waals surface area contributed by atoms with Crippen LogP contribution in [-0.4, -0.2) is 24.0 Å². The molecule has 0 saturated carbocycles. The van der Waals surface area contributed by atoms with E-state index >= 15 is 0 Å². The highest BCUT2D eigenvalue weighted by atomic mass is 15.2. The number of hydrogen-bond donors (Lipinski definition) is 1. The minimum absolute atomic E-state index is 0.143. The number of nitrogens with two attached hydrogens (primary N) is 1. The van der Waals surface area contributed by atoms with Crippen molar-refractivity contribution in [2.75, 3.05) is 13.1 Å². The number of aryl methyl sites for hydroxylation is 1. The molecule has 0 amide bonds. The number of nitrogens with zero attached hydrogens (tertiary/aromatic N) is 1. The average molecular weight is 232 g/mol. The van der Waals surface area contributed by atoms with Gasteiger partial charge in [-0.15, -0.1) is 0 Å². The summed E-state index contributed by atoms with van der Waals surface area (Å²) in [5.74, 6) is 0.814. The first-order valence-electron chi connectivity index (χ1n) is 6.63. The third kappa shape index (κ3) is 2.88. The first kappa shape index (κ1) is 12.6. The predicted octanol–water partition coefficient (Wildman–Crippen LogP) is 2.73. The van der Waals surface area contributed by atoms with Gasteiger partial charge in [0.1, 0.15) is 0 Å². The molecule has 1 aromatic rings. The Morgan fingerprint density at radius 3 is 2.65 bits per heavy atom. The molecule has 1 aromatic carbocycles. The highest BCUT2D eigenvalue weighted by Gasteiger charge is 2.27. The molecular weight excluding hydrogens is 208 g/mol. The zero-order valence-electron chi connectivity index (χ0n) is 11.2. The van der Waals surface area contributed by atoms with Crippen molar-refractivity contribution in [3.05, 3.63) is 35.4 Å². The van der Waals surface area contributed by atoms with Crippen LogP contribution in [0, 0.1) is 12.8 Å². The van der Waals surface area contributed by atoms with E-state index in [0.717, 1.165) is 12.5 Å². The van der Waals surface area contributed by atoms with E-state index in [2.05, 4.69) is 49.9 Å². The second kappa shape index (κ2) is 5.19. The molecule has 2 heteroatoms. The van der Waals surface area contributed by atoms with Crippen LogP contribution >= 0.6 is 0 Å². The standard InChI is InChI=1S/C15H24N2/c1-11-8-13(3)17(9-11)10-15(16)14-7-5-4-6-12(14)2/h4-7,11,13,15H,8-10,16H2,1-3H3. The number of hydrogen-bond acceptors (Lipinski definition) is 2. The van der Waals surface area contributed by atoms with Gasteiger partial charge in [0.25, 0.3) is 0 Å². The van der Waals surface area contributed by atoms with Crippen molar-refractivity contribution in [1.82, 2.24) is 4.90 Å². The summed E-state index contributed by atoms with van der Waals surface area (Å²) in [5, 5.41) is 0. The quantitative estimate of drug-likeness (QED) is 0.868. The molecule has 3 atom stereocenters. The van der Waals surface area contributed by atoms with Gasteiger partial charge in [0, 0.05) is 25.2 Å². The maximum Gasteiger partial charge on any atom is 0.0427 e. The first-order chi connectivity index (χ1) is 8.08. The van der Waals surface area contributed by atoms with Crippen LogP contribution in [0.4, 0.5) is 0 Å². The summed E-state index contributed by atoms with van der Waals surface area (Å²) in [6, 6.07) is 9.28. The summed E-state index contributed by atoms with van der Waals surface area (Å²) in [4.78, 5) is 2.53. The summed E-state index contributed by atoms with van der Waals surface area (Å²) in [6.07, 6.45) is 1.31. The molecule has 0 spiro atoms. The highest BCUT2D eigenvalue weighted by Crippen LogP contribution is 2.25. The lowest BCUT2D eigenvalue weighted by Crippen LogP contribution is -2.34. The third-order valence-electron chi connectivity index (χ3n) is 3.93. The normalized spacial score (nSPS) is 27.3. The molecule has 3 unspecified atom stereocenters. The molecule has 2 nitrogen and oxygen atoms in total. The van der Waals surface area contributed by atoms with Gasteiger partial charge in [0.05, 0.1) is 0 Å². The smallest absolute Gasteiger partial charge is 0.0427 e. The molecule has 1 aliphatic heterocycles. The zero-order valence-corrected chi connectivity index (χ0v) is 11.2. The van der Waals surface area contributed by atoms with E-state index in [1.165, 1.54) is 24.1 Å². The molecule has 1 saturated heterocycles. The van der Waals surface area contributed by atoms with E-state index in [1.54, 1.807) is 0 Å². The molecule has 0 radical (unpaired) electrons. The van der Waals surface area contributed by atoms with E-state index < -0.39 is 0 Å². The average Bonchev–Trinajstić information content (AvgIpc) is 2.58. The van der Waals surface area contributed by atoms with E-state index in [4.69, 9.17) is 5.73 Å². The van der Waals surface area contributed by atoms with E-state index in [0.29, 0.717) is 6.04 Å². The Morgan fingerprint density at radius 1 is 1.35 bits per heavy atom. The summed E-state index contributed by atoms with van der Waals surface area (Å²) >= 11 is 0. The van der Waals surface area contributed by atoms with Gasteiger partial charge in [-0.05, 0) is 37.3 Å². The Labute approximate surface area is 105 Å². The highest BCUT2D eigenvalue weighted by molar-refractivity contribution is 5.28. The molecule has 0 bridgehead atoms. The maximum atomic E-state index is 6.34. The number of benzene rings is 1. The molecule has 1 aliphatic rings. The predicted molar refractivity (Wildman–Crippen MR) is 72.9 cm³/mol. The van der Waals surface area contributed by atoms with Crippen LogP contribution in [0.1, 0.15) is 37.4 Å². The molecule has 17 heavy (non-hydrogen) atoms. The lowest BCUT2D eigenvalue weighted by atomic mass is 10.0. The summed E-state index contributed by atoms with van der Waals surface area (Å²) in [6.45, 7) is 8.96. The van der Waals surface area contributed by atoms with Crippen LogP contribution in [0.5, 0.6) is 0 Å².